The van der Waals surface area contributed by atoms with Crippen molar-refractivity contribution in [2.75, 3.05) is 0 Å². The number of H-pyrrole nitrogens is 1. The van der Waals surface area contributed by atoms with E-state index >= 15 is 0 Å². The maximum atomic E-state index is 3.54. The molecule has 6 heavy (non-hydrogen) atoms. The number of nitrogens with one attached hydrogen (secondary N) is 1. The molecule has 1 rings (SSSR count). The number of hydrogen-bond donors (Lipinski definition) is 1. The molecule has 0 saturated heterocycles. The van der Waals surface area contributed by atoms with Crippen molar-refractivity contribution in [3.05, 3.63) is 18.7 Å². The van der Waals surface area contributed by atoms with Crippen molar-refractivity contribution in [3.63, 3.8) is 0 Å². The van der Waals surface area contributed by atoms with E-state index in [9.17, 15) is 0 Å². The Balaban J connectivity index is 0.000000250. The van der Waals surface area contributed by atoms with Gasteiger partial charge in [-0.3, -0.25) is 0 Å². The van der Waals surface area contributed by atoms with Crippen LogP contribution in [0.25, 0.3) is 0 Å². The summed E-state index contributed by atoms with van der Waals surface area (Å²) in [6, 6.07) is 0. The number of aromatic nitrogens is 2. The standard InChI is InChI=1S/C3H3N2.Tb/c1-2-5-3-4-1;/h1-2H,(H,4,5);. The van der Waals surface area contributed by atoms with Crippen molar-refractivity contribution < 1.29 is 38.6 Å². The van der Waals surface area contributed by atoms with E-state index in [0.717, 1.165) is 0 Å². The van der Waals surface area contributed by atoms with Gasteiger partial charge in [0.2, 0.25) is 0 Å². The summed E-state index contributed by atoms with van der Waals surface area (Å²) >= 11 is 0. The summed E-state index contributed by atoms with van der Waals surface area (Å²) in [5.74, 6) is 0. The Morgan fingerprint density at radius 1 is 1.67 bits per heavy atom. The average molecular weight is 226 g/mol. The maximum Gasteiger partial charge on any atom is 0.173 e. The largest absolute Gasteiger partial charge is 0.342 e. The quantitative estimate of drug-likeness (QED) is 0.673. The third-order valence-electron chi connectivity index (χ3n) is 0.362. The Morgan fingerprint density at radius 2 is 2.50 bits per heavy atom. The number of hydrogen-bond acceptors (Lipinski definition) is 1. The topological polar surface area (TPSA) is 28.7 Å². The SMILES string of the molecule is [Tb].[c]1ncc[nH]1. The van der Waals surface area contributed by atoms with Gasteiger partial charge in [0.05, 0.1) is 0 Å². The molecule has 0 fully saturated rings. The molecule has 0 bridgehead atoms. The van der Waals surface area contributed by atoms with E-state index in [4.69, 9.17) is 0 Å². The van der Waals surface area contributed by atoms with Gasteiger partial charge in [-0.1, -0.05) is 0 Å². The van der Waals surface area contributed by atoms with Gasteiger partial charge in [-0.05, 0) is 0 Å². The Morgan fingerprint density at radius 3 is 2.67 bits per heavy atom. The summed E-state index contributed by atoms with van der Waals surface area (Å²) in [5, 5.41) is 0. The van der Waals surface area contributed by atoms with Crippen molar-refractivity contribution in [1.29, 1.82) is 0 Å². The van der Waals surface area contributed by atoms with Gasteiger partial charge in [-0.25, -0.2) is 4.98 Å². The Hall–Kier alpha value is 0.496. The summed E-state index contributed by atoms with van der Waals surface area (Å²) in [6.45, 7) is 0. The van der Waals surface area contributed by atoms with Gasteiger partial charge in [0.1, 0.15) is 0 Å². The molecule has 0 aliphatic carbocycles. The van der Waals surface area contributed by atoms with Crippen molar-refractivity contribution >= 4 is 0 Å². The van der Waals surface area contributed by atoms with Crippen LogP contribution in [0.15, 0.2) is 12.4 Å². The predicted molar refractivity (Wildman–Crippen MR) is 17.4 cm³/mol. The van der Waals surface area contributed by atoms with Crippen LogP contribution in [0.5, 0.6) is 0 Å². The molecule has 2 radical (unpaired) electrons. The Labute approximate surface area is 66.8 Å². The van der Waals surface area contributed by atoms with Gasteiger partial charge < -0.3 is 4.98 Å². The second-order valence-electron chi connectivity index (χ2n) is 0.701. The van der Waals surface area contributed by atoms with Gasteiger partial charge >= 0.3 is 0 Å². The molecule has 1 aromatic heterocycles. The zero-order chi connectivity index (χ0) is 3.54. The molecule has 0 spiro atoms. The van der Waals surface area contributed by atoms with Gasteiger partial charge in [0, 0.05) is 51.0 Å². The van der Waals surface area contributed by atoms with Crippen LogP contribution in [-0.4, -0.2) is 9.97 Å². The minimum absolute atomic E-state index is 0. The summed E-state index contributed by atoms with van der Waals surface area (Å²) in [7, 11) is 0. The number of aromatic amines is 1. The van der Waals surface area contributed by atoms with Crippen LogP contribution in [0.3, 0.4) is 0 Å². The average Bonchev–Trinajstić information content (AvgIpc) is 1.76. The normalized spacial score (nSPS) is 6.67. The van der Waals surface area contributed by atoms with E-state index in [-0.39, 0.29) is 38.6 Å². The molecular formula is C3H3N2Tb. The van der Waals surface area contributed by atoms with Crippen LogP contribution >= 0.6 is 0 Å². The molecule has 1 aromatic rings. The molecule has 0 aliphatic heterocycles. The van der Waals surface area contributed by atoms with Crippen LogP contribution in [0.1, 0.15) is 0 Å². The zero-order valence-electron chi connectivity index (χ0n) is 2.94. The first kappa shape index (κ1) is 6.50. The van der Waals surface area contributed by atoms with Crippen molar-refractivity contribution in [2.45, 2.75) is 0 Å². The molecule has 1 N–H and O–H groups in total. The first-order chi connectivity index (χ1) is 2.50. The predicted octanol–water partition coefficient (Wildman–Crippen LogP) is 0.210. The fourth-order valence-electron chi connectivity index (χ4n) is 0.186. The first-order valence-electron chi connectivity index (χ1n) is 1.35. The van der Waals surface area contributed by atoms with Gasteiger partial charge in [0.15, 0.2) is 6.33 Å². The molecule has 0 unspecified atom stereocenters. The molecule has 0 atom stereocenters. The van der Waals surface area contributed by atoms with Crippen LogP contribution in [0, 0.1) is 44.9 Å². The first-order valence-corrected chi connectivity index (χ1v) is 1.35. The number of nitrogens with zero attached hydrogens (tertiary/aromatic N) is 1. The third-order valence-corrected chi connectivity index (χ3v) is 0.362. The molecular weight excluding hydrogens is 223 g/mol. The van der Waals surface area contributed by atoms with Crippen LogP contribution in [-0.2, 0) is 0 Å². The van der Waals surface area contributed by atoms with E-state index in [1.165, 1.54) is 0 Å². The molecule has 0 aliphatic rings. The van der Waals surface area contributed by atoms with Gasteiger partial charge in [-0.15, -0.1) is 0 Å². The fraction of sp³-hybridized carbons (Fsp3) is 0. The van der Waals surface area contributed by atoms with Crippen LogP contribution < -0.4 is 0 Å². The number of rotatable bonds is 0. The van der Waals surface area contributed by atoms with E-state index in [2.05, 4.69) is 16.3 Å². The van der Waals surface area contributed by atoms with E-state index in [1.807, 2.05) is 0 Å². The van der Waals surface area contributed by atoms with Crippen LogP contribution in [0.2, 0.25) is 0 Å². The second-order valence-corrected chi connectivity index (χ2v) is 0.701. The maximum absolute atomic E-state index is 3.54. The summed E-state index contributed by atoms with van der Waals surface area (Å²) in [6.07, 6.45) is 5.83. The molecule has 0 saturated carbocycles. The molecule has 0 amide bonds. The Kier molecular flexibility index (Phi) is 3.98. The van der Waals surface area contributed by atoms with Crippen molar-refractivity contribution in [3.8, 4) is 0 Å². The molecule has 3 heteroatoms. The second kappa shape index (κ2) is 3.68. The van der Waals surface area contributed by atoms with E-state index in [1.54, 1.807) is 12.4 Å². The molecule has 1 heterocycles. The van der Waals surface area contributed by atoms with Crippen molar-refractivity contribution in [2.24, 2.45) is 0 Å². The Bertz CT molecular complexity index is 65.3. The number of imidazole rings is 1. The summed E-state index contributed by atoms with van der Waals surface area (Å²) in [5.41, 5.74) is 0. The summed E-state index contributed by atoms with van der Waals surface area (Å²) in [4.78, 5) is 6.17. The minimum Gasteiger partial charge on any atom is -0.342 e. The monoisotopic (exact) mass is 226 g/mol. The molecule has 2 nitrogen and oxygen atoms in total. The van der Waals surface area contributed by atoms with E-state index < -0.39 is 0 Å². The smallest absolute Gasteiger partial charge is 0.173 e. The van der Waals surface area contributed by atoms with Gasteiger partial charge in [-0.2, -0.15) is 0 Å². The third kappa shape index (κ3) is 1.82. The molecule has 34 valence electrons. The summed E-state index contributed by atoms with van der Waals surface area (Å²) < 4.78 is 0. The molecule has 0 aromatic carbocycles. The van der Waals surface area contributed by atoms with Crippen molar-refractivity contribution in [1.82, 2.24) is 9.97 Å². The van der Waals surface area contributed by atoms with Gasteiger partial charge in [0.25, 0.3) is 0 Å². The van der Waals surface area contributed by atoms with E-state index in [0.29, 0.717) is 0 Å². The zero-order valence-corrected chi connectivity index (χ0v) is 5.07. The van der Waals surface area contributed by atoms with Crippen LogP contribution in [0.4, 0.5) is 0 Å². The minimum atomic E-state index is 0. The fourth-order valence-corrected chi connectivity index (χ4v) is 0.186.